The molecule has 0 bridgehead atoms. The van der Waals surface area contributed by atoms with Gasteiger partial charge in [0.2, 0.25) is 0 Å². The molecule has 0 amide bonds. The third-order valence-corrected chi connectivity index (χ3v) is 3.43. The van der Waals surface area contributed by atoms with Gasteiger partial charge in [0.25, 0.3) is 0 Å². The minimum Gasteiger partial charge on any atom is -0.389 e. The highest BCUT2D eigenvalue weighted by atomic mass is 35.5. The molecule has 1 aromatic carbocycles. The molecule has 3 nitrogen and oxygen atoms in total. The van der Waals surface area contributed by atoms with E-state index in [2.05, 4.69) is 16.5 Å². The van der Waals surface area contributed by atoms with E-state index in [1.54, 1.807) is 6.20 Å². The van der Waals surface area contributed by atoms with Gasteiger partial charge in [-0.1, -0.05) is 23.7 Å². The molecule has 0 saturated carbocycles. The molecule has 0 fully saturated rings. The van der Waals surface area contributed by atoms with Crippen LogP contribution in [0.1, 0.15) is 25.2 Å². The van der Waals surface area contributed by atoms with Crippen molar-refractivity contribution in [3.63, 3.8) is 0 Å². The number of hydrogen-bond acceptors (Lipinski definition) is 2. The van der Waals surface area contributed by atoms with Gasteiger partial charge in [-0.2, -0.15) is 0 Å². The molecule has 1 atom stereocenters. The fourth-order valence-electron chi connectivity index (χ4n) is 2.24. The molecule has 19 heavy (non-hydrogen) atoms. The Bertz CT molecular complexity index is 531. The molecule has 0 saturated heterocycles. The molecule has 1 heterocycles. The quantitative estimate of drug-likeness (QED) is 0.913. The van der Waals surface area contributed by atoms with Crippen LogP contribution in [-0.4, -0.2) is 20.3 Å². The van der Waals surface area contributed by atoms with Crippen LogP contribution in [0.15, 0.2) is 36.7 Å². The standard InChI is InChI=1S/C15H19ClN2O/c1-3-18-9-8-17-14(18)11-15(2,19)10-12-4-6-13(16)7-5-12/h4-9,19H,3,10-11H2,1-2H3. The highest BCUT2D eigenvalue weighted by molar-refractivity contribution is 6.30. The van der Waals surface area contributed by atoms with Crippen LogP contribution in [0.2, 0.25) is 5.02 Å². The zero-order valence-corrected chi connectivity index (χ0v) is 12.1. The zero-order chi connectivity index (χ0) is 13.9. The smallest absolute Gasteiger partial charge is 0.111 e. The number of nitrogens with zero attached hydrogens (tertiary/aromatic N) is 2. The predicted octanol–water partition coefficient (Wildman–Crippen LogP) is 3.09. The van der Waals surface area contributed by atoms with Crippen LogP contribution >= 0.6 is 11.6 Å². The second-order valence-corrected chi connectivity index (χ2v) is 5.54. The number of hydrogen-bond donors (Lipinski definition) is 1. The second kappa shape index (κ2) is 5.76. The largest absolute Gasteiger partial charge is 0.389 e. The van der Waals surface area contributed by atoms with Gasteiger partial charge in [-0.05, 0) is 31.5 Å². The molecule has 0 spiro atoms. The molecular weight excluding hydrogens is 260 g/mol. The first-order valence-corrected chi connectivity index (χ1v) is 6.85. The van der Waals surface area contributed by atoms with E-state index in [4.69, 9.17) is 11.6 Å². The lowest BCUT2D eigenvalue weighted by molar-refractivity contribution is 0.0579. The second-order valence-electron chi connectivity index (χ2n) is 5.11. The molecule has 4 heteroatoms. The van der Waals surface area contributed by atoms with Crippen molar-refractivity contribution in [3.05, 3.63) is 53.1 Å². The average molecular weight is 279 g/mol. The van der Waals surface area contributed by atoms with E-state index in [1.165, 1.54) is 0 Å². The third kappa shape index (κ3) is 3.82. The number of aliphatic hydroxyl groups is 1. The van der Waals surface area contributed by atoms with Crippen molar-refractivity contribution in [3.8, 4) is 0 Å². The molecule has 0 aliphatic heterocycles. The van der Waals surface area contributed by atoms with Crippen LogP contribution in [0.25, 0.3) is 0 Å². The van der Waals surface area contributed by atoms with Crippen molar-refractivity contribution in [1.29, 1.82) is 0 Å². The van der Waals surface area contributed by atoms with Crippen molar-refractivity contribution in [2.24, 2.45) is 0 Å². The summed E-state index contributed by atoms with van der Waals surface area (Å²) in [6.45, 7) is 4.78. The molecule has 1 unspecified atom stereocenters. The first kappa shape index (κ1) is 14.1. The highest BCUT2D eigenvalue weighted by Crippen LogP contribution is 2.19. The maximum Gasteiger partial charge on any atom is 0.111 e. The lowest BCUT2D eigenvalue weighted by atomic mass is 9.93. The monoisotopic (exact) mass is 278 g/mol. The van der Waals surface area contributed by atoms with E-state index in [0.29, 0.717) is 17.9 Å². The minimum atomic E-state index is -0.813. The lowest BCUT2D eigenvalue weighted by Crippen LogP contribution is -2.31. The maximum absolute atomic E-state index is 10.5. The van der Waals surface area contributed by atoms with E-state index in [1.807, 2.05) is 37.4 Å². The minimum absolute atomic E-state index is 0.538. The van der Waals surface area contributed by atoms with E-state index < -0.39 is 5.60 Å². The van der Waals surface area contributed by atoms with Gasteiger partial charge >= 0.3 is 0 Å². The number of rotatable bonds is 5. The topological polar surface area (TPSA) is 38.0 Å². The number of halogens is 1. The highest BCUT2D eigenvalue weighted by Gasteiger charge is 2.23. The van der Waals surface area contributed by atoms with Gasteiger partial charge in [0.1, 0.15) is 5.82 Å². The van der Waals surface area contributed by atoms with Gasteiger partial charge in [-0.25, -0.2) is 4.98 Å². The molecule has 2 rings (SSSR count). The Morgan fingerprint density at radius 3 is 2.58 bits per heavy atom. The molecule has 2 aromatic rings. The first-order valence-electron chi connectivity index (χ1n) is 6.47. The van der Waals surface area contributed by atoms with E-state index in [9.17, 15) is 5.11 Å². The maximum atomic E-state index is 10.5. The summed E-state index contributed by atoms with van der Waals surface area (Å²) in [7, 11) is 0. The van der Waals surface area contributed by atoms with Crippen LogP contribution < -0.4 is 0 Å². The third-order valence-electron chi connectivity index (χ3n) is 3.18. The zero-order valence-electron chi connectivity index (χ0n) is 11.3. The Kier molecular flexibility index (Phi) is 4.27. The first-order chi connectivity index (χ1) is 9.00. The number of aromatic nitrogens is 2. The van der Waals surface area contributed by atoms with E-state index >= 15 is 0 Å². The Labute approximate surface area is 118 Å². The summed E-state index contributed by atoms with van der Waals surface area (Å²) in [5, 5.41) is 11.3. The SMILES string of the molecule is CCn1ccnc1CC(C)(O)Cc1ccc(Cl)cc1. The molecule has 0 aliphatic carbocycles. The van der Waals surface area contributed by atoms with Crippen LogP contribution in [-0.2, 0) is 19.4 Å². The molecule has 1 N–H and O–H groups in total. The molecular formula is C15H19ClN2O. The molecule has 0 radical (unpaired) electrons. The van der Waals surface area contributed by atoms with Crippen LogP contribution in [0, 0.1) is 0 Å². The summed E-state index contributed by atoms with van der Waals surface area (Å²) in [4.78, 5) is 4.31. The average Bonchev–Trinajstić information content (AvgIpc) is 2.78. The van der Waals surface area contributed by atoms with Crippen molar-refractivity contribution in [2.75, 3.05) is 0 Å². The van der Waals surface area contributed by atoms with Crippen LogP contribution in [0.4, 0.5) is 0 Å². The number of aryl methyl sites for hydroxylation is 1. The summed E-state index contributed by atoms with van der Waals surface area (Å²) >= 11 is 5.86. The summed E-state index contributed by atoms with van der Waals surface area (Å²) in [5.41, 5.74) is 0.260. The van der Waals surface area contributed by atoms with Gasteiger partial charge in [-0.3, -0.25) is 0 Å². The van der Waals surface area contributed by atoms with E-state index in [0.717, 1.165) is 17.9 Å². The fraction of sp³-hybridized carbons (Fsp3) is 0.400. The summed E-state index contributed by atoms with van der Waals surface area (Å²) in [6.07, 6.45) is 4.84. The van der Waals surface area contributed by atoms with Gasteiger partial charge in [0, 0.05) is 36.8 Å². The Hall–Kier alpha value is -1.32. The van der Waals surface area contributed by atoms with Gasteiger partial charge < -0.3 is 9.67 Å². The summed E-state index contributed by atoms with van der Waals surface area (Å²) in [6, 6.07) is 7.59. The van der Waals surface area contributed by atoms with Gasteiger partial charge in [0.15, 0.2) is 0 Å². The number of benzene rings is 1. The van der Waals surface area contributed by atoms with Crippen molar-refractivity contribution >= 4 is 11.6 Å². The predicted molar refractivity (Wildman–Crippen MR) is 77.4 cm³/mol. The molecule has 1 aromatic heterocycles. The van der Waals surface area contributed by atoms with Crippen molar-refractivity contribution < 1.29 is 5.11 Å². The Morgan fingerprint density at radius 2 is 1.95 bits per heavy atom. The Morgan fingerprint density at radius 1 is 1.26 bits per heavy atom. The summed E-state index contributed by atoms with van der Waals surface area (Å²) in [5.74, 6) is 0.918. The molecule has 102 valence electrons. The van der Waals surface area contributed by atoms with Crippen LogP contribution in [0.5, 0.6) is 0 Å². The van der Waals surface area contributed by atoms with Gasteiger partial charge in [0.05, 0.1) is 5.60 Å². The lowest BCUT2D eigenvalue weighted by Gasteiger charge is -2.23. The molecule has 0 aliphatic rings. The normalized spacial score (nSPS) is 14.3. The Balaban J connectivity index is 2.08. The fourth-order valence-corrected chi connectivity index (χ4v) is 2.37. The van der Waals surface area contributed by atoms with Crippen LogP contribution in [0.3, 0.4) is 0 Å². The van der Waals surface area contributed by atoms with Crippen molar-refractivity contribution in [1.82, 2.24) is 9.55 Å². The summed E-state index contributed by atoms with van der Waals surface area (Å²) < 4.78 is 2.05. The number of imidazole rings is 1. The van der Waals surface area contributed by atoms with E-state index in [-0.39, 0.29) is 0 Å². The van der Waals surface area contributed by atoms with Gasteiger partial charge in [-0.15, -0.1) is 0 Å². The van der Waals surface area contributed by atoms with Crippen molar-refractivity contribution in [2.45, 2.75) is 38.8 Å².